The van der Waals surface area contributed by atoms with Crippen molar-refractivity contribution in [1.29, 1.82) is 0 Å². The van der Waals surface area contributed by atoms with Gasteiger partial charge in [0.2, 0.25) is 0 Å². The van der Waals surface area contributed by atoms with Gasteiger partial charge in [0, 0.05) is 4.88 Å². The van der Waals surface area contributed by atoms with Crippen LogP contribution in [0.1, 0.15) is 48.7 Å². The number of thiazole rings is 1. The summed E-state index contributed by atoms with van der Waals surface area (Å²) in [6.45, 7) is 4.33. The minimum atomic E-state index is -0.590. The van der Waals surface area contributed by atoms with Gasteiger partial charge in [0.15, 0.2) is 4.80 Å². The molecule has 0 spiro atoms. The number of halogens is 2. The average molecular weight is 642 g/mol. The molecule has 0 radical (unpaired) electrons. The zero-order valence-electron chi connectivity index (χ0n) is 21.9. The summed E-state index contributed by atoms with van der Waals surface area (Å²) in [4.78, 5) is 33.2. The van der Waals surface area contributed by atoms with Crippen molar-refractivity contribution in [2.75, 3.05) is 6.61 Å². The molecular weight excluding hydrogens is 615 g/mol. The van der Waals surface area contributed by atoms with Crippen molar-refractivity contribution < 1.29 is 18.7 Å². The first kappa shape index (κ1) is 28.2. The molecule has 1 aliphatic heterocycles. The van der Waals surface area contributed by atoms with Crippen LogP contribution < -0.4 is 19.6 Å². The fourth-order valence-electron chi connectivity index (χ4n) is 4.45. The van der Waals surface area contributed by atoms with Crippen molar-refractivity contribution in [1.82, 2.24) is 4.57 Å². The first-order valence-corrected chi connectivity index (χ1v) is 15.3. The third kappa shape index (κ3) is 5.89. The number of allylic oxidation sites excluding steroid dienone is 1. The molecule has 6 nitrogen and oxygen atoms in total. The number of thiophene rings is 1. The molecular formula is C30H26BrFN2O4S2. The first-order valence-electron chi connectivity index (χ1n) is 12.8. The number of ether oxygens (including phenoxy) is 2. The van der Waals surface area contributed by atoms with Gasteiger partial charge in [-0.05, 0) is 82.2 Å². The van der Waals surface area contributed by atoms with Crippen LogP contribution in [-0.4, -0.2) is 17.1 Å². The number of carbonyl (C=O) groups excluding carboxylic acids is 1. The molecule has 4 aromatic rings. The van der Waals surface area contributed by atoms with Crippen LogP contribution in [0.5, 0.6) is 5.75 Å². The Balaban J connectivity index is 1.52. The molecule has 0 saturated carbocycles. The van der Waals surface area contributed by atoms with E-state index in [9.17, 15) is 14.0 Å². The molecule has 0 fully saturated rings. The van der Waals surface area contributed by atoms with Crippen molar-refractivity contribution in [3.63, 3.8) is 0 Å². The number of hydrogen-bond donors (Lipinski definition) is 0. The highest BCUT2D eigenvalue weighted by Gasteiger charge is 2.34. The van der Waals surface area contributed by atoms with E-state index in [1.54, 1.807) is 23.6 Å². The molecule has 3 heterocycles. The van der Waals surface area contributed by atoms with Crippen LogP contribution in [-0.2, 0) is 16.1 Å². The lowest BCUT2D eigenvalue weighted by Crippen LogP contribution is -2.39. The molecule has 0 saturated heterocycles. The number of benzene rings is 2. The second-order valence-corrected chi connectivity index (χ2v) is 11.9. The fraction of sp³-hybridized carbons (Fsp3) is 0.233. The topological polar surface area (TPSA) is 69.9 Å². The van der Waals surface area contributed by atoms with Gasteiger partial charge in [-0.1, -0.05) is 48.9 Å². The third-order valence-corrected chi connectivity index (χ3v) is 8.79. The summed E-state index contributed by atoms with van der Waals surface area (Å²) in [7, 11) is 0. The number of carbonyl (C=O) groups is 1. The Morgan fingerprint density at radius 3 is 2.65 bits per heavy atom. The summed E-state index contributed by atoms with van der Waals surface area (Å²) in [6.07, 6.45) is 3.22. The van der Waals surface area contributed by atoms with E-state index in [4.69, 9.17) is 14.5 Å². The zero-order chi connectivity index (χ0) is 28.2. The van der Waals surface area contributed by atoms with Gasteiger partial charge in [0.05, 0.1) is 26.9 Å². The number of hydrogen-bond acceptors (Lipinski definition) is 7. The number of aromatic nitrogens is 1. The van der Waals surface area contributed by atoms with Crippen molar-refractivity contribution in [2.24, 2.45) is 4.99 Å². The molecule has 0 amide bonds. The lowest BCUT2D eigenvalue weighted by atomic mass is 9.99. The number of rotatable bonds is 9. The summed E-state index contributed by atoms with van der Waals surface area (Å²) in [5.74, 6) is -0.105. The minimum absolute atomic E-state index is 0.216. The molecule has 0 aliphatic carbocycles. The minimum Gasteiger partial charge on any atom is -0.488 e. The Labute approximate surface area is 246 Å². The van der Waals surface area contributed by atoms with Gasteiger partial charge in [-0.2, -0.15) is 0 Å². The molecule has 0 bridgehead atoms. The Kier molecular flexibility index (Phi) is 8.78. The molecule has 2 aromatic carbocycles. The van der Waals surface area contributed by atoms with E-state index in [-0.39, 0.29) is 18.0 Å². The summed E-state index contributed by atoms with van der Waals surface area (Å²) in [5, 5.41) is 1.94. The van der Waals surface area contributed by atoms with Gasteiger partial charge in [0.1, 0.15) is 24.2 Å². The molecule has 1 aliphatic rings. The Morgan fingerprint density at radius 2 is 1.98 bits per heavy atom. The maximum atomic E-state index is 13.8. The van der Waals surface area contributed by atoms with Gasteiger partial charge in [0.25, 0.3) is 5.56 Å². The van der Waals surface area contributed by atoms with Crippen LogP contribution in [0.25, 0.3) is 6.08 Å². The predicted molar refractivity (Wildman–Crippen MR) is 159 cm³/mol. The molecule has 40 heavy (non-hydrogen) atoms. The van der Waals surface area contributed by atoms with Crippen molar-refractivity contribution in [2.45, 2.75) is 39.3 Å². The Hall–Kier alpha value is -3.34. The van der Waals surface area contributed by atoms with Gasteiger partial charge in [-0.3, -0.25) is 9.36 Å². The quantitative estimate of drug-likeness (QED) is 0.207. The molecule has 0 N–H and O–H groups in total. The van der Waals surface area contributed by atoms with Crippen molar-refractivity contribution in [3.05, 3.63) is 117 Å². The van der Waals surface area contributed by atoms with E-state index in [2.05, 4.69) is 15.9 Å². The van der Waals surface area contributed by atoms with E-state index in [1.807, 2.05) is 48.7 Å². The lowest BCUT2D eigenvalue weighted by Gasteiger charge is -2.24. The lowest BCUT2D eigenvalue weighted by molar-refractivity contribution is -0.139. The fourth-order valence-corrected chi connectivity index (χ4v) is 6.81. The standard InChI is InChI=1S/C30H26BrFN2O4S2/c1-3-6-22-26(29(36)37-4-2)27(24-7-5-14-39-24)34-28(35)25(40-30(34)33-22)16-19-10-13-23(21(31)15-19)38-17-18-8-11-20(32)12-9-18/h5,7-16,27H,3-4,6,17H2,1-2H3/b25-16-/t27-/m1/s1. The second-order valence-electron chi connectivity index (χ2n) is 9.03. The van der Waals surface area contributed by atoms with Gasteiger partial charge in [-0.25, -0.2) is 14.2 Å². The molecule has 206 valence electrons. The average Bonchev–Trinajstić information content (AvgIpc) is 3.57. The maximum absolute atomic E-state index is 13.8. The number of fused-ring (bicyclic) bond motifs is 1. The number of nitrogens with zero attached hydrogens (tertiary/aromatic N) is 2. The summed E-state index contributed by atoms with van der Waals surface area (Å²) >= 11 is 6.36. The highest BCUT2D eigenvalue weighted by Crippen LogP contribution is 2.34. The highest BCUT2D eigenvalue weighted by molar-refractivity contribution is 9.10. The number of esters is 1. The molecule has 10 heteroatoms. The largest absolute Gasteiger partial charge is 0.488 e. The van der Waals surface area contributed by atoms with E-state index >= 15 is 0 Å². The molecule has 2 aromatic heterocycles. The van der Waals surface area contributed by atoms with E-state index < -0.39 is 12.0 Å². The monoisotopic (exact) mass is 640 g/mol. The smallest absolute Gasteiger partial charge is 0.338 e. The first-order chi connectivity index (χ1) is 19.4. The predicted octanol–water partition coefficient (Wildman–Crippen LogP) is 6.12. The van der Waals surface area contributed by atoms with Crippen LogP contribution >= 0.6 is 38.6 Å². The normalized spacial score (nSPS) is 15.1. The van der Waals surface area contributed by atoms with E-state index in [1.165, 1.54) is 34.8 Å². The van der Waals surface area contributed by atoms with Crippen molar-refractivity contribution in [3.8, 4) is 5.75 Å². The SMILES string of the molecule is CCCC1=C(C(=O)OCC)[C@@H](c2cccs2)n2c(s/c(=C\c3ccc(OCc4ccc(F)cc4)c(Br)c3)c2=O)=N1. The Morgan fingerprint density at radius 1 is 1.18 bits per heavy atom. The van der Waals surface area contributed by atoms with Crippen molar-refractivity contribution >= 4 is 50.6 Å². The maximum Gasteiger partial charge on any atom is 0.338 e. The molecule has 5 rings (SSSR count). The summed E-state index contributed by atoms with van der Waals surface area (Å²) in [6, 6.07) is 15.0. The summed E-state index contributed by atoms with van der Waals surface area (Å²) < 4.78 is 27.3. The van der Waals surface area contributed by atoms with Gasteiger partial charge >= 0.3 is 5.97 Å². The van der Waals surface area contributed by atoms with Gasteiger partial charge < -0.3 is 9.47 Å². The van der Waals surface area contributed by atoms with E-state index in [0.29, 0.717) is 39.4 Å². The summed E-state index contributed by atoms with van der Waals surface area (Å²) in [5.41, 5.74) is 2.53. The second kappa shape index (κ2) is 12.4. The highest BCUT2D eigenvalue weighted by atomic mass is 79.9. The van der Waals surface area contributed by atoms with Crippen LogP contribution in [0, 0.1) is 5.82 Å². The Bertz CT molecular complexity index is 1740. The zero-order valence-corrected chi connectivity index (χ0v) is 25.1. The molecule has 1 atom stereocenters. The van der Waals surface area contributed by atoms with Crippen LogP contribution in [0.15, 0.2) is 85.5 Å². The molecule has 0 unspecified atom stereocenters. The van der Waals surface area contributed by atoms with Crippen LogP contribution in [0.2, 0.25) is 0 Å². The van der Waals surface area contributed by atoms with Gasteiger partial charge in [-0.15, -0.1) is 11.3 Å². The van der Waals surface area contributed by atoms with E-state index in [0.717, 1.165) is 26.9 Å². The van der Waals surface area contributed by atoms with Crippen LogP contribution in [0.3, 0.4) is 0 Å². The van der Waals surface area contributed by atoms with Crippen LogP contribution in [0.4, 0.5) is 4.39 Å². The third-order valence-electron chi connectivity index (χ3n) is 6.27.